The van der Waals surface area contributed by atoms with Gasteiger partial charge in [-0.3, -0.25) is 0 Å². The molecule has 9 heavy (non-hydrogen) atoms. The molecule has 2 saturated carbocycles. The van der Waals surface area contributed by atoms with Crippen molar-refractivity contribution in [1.82, 2.24) is 0 Å². The maximum atomic E-state index is 8.66. The molecule has 48 valence electrons. The first-order chi connectivity index (χ1) is 4.18. The van der Waals surface area contributed by atoms with Crippen molar-refractivity contribution in [1.29, 1.82) is 5.26 Å². The second-order valence-corrected chi connectivity index (χ2v) is 4.03. The summed E-state index contributed by atoms with van der Waals surface area (Å²) in [5.41, 5.74) is 0.751. The quantitative estimate of drug-likeness (QED) is 0.481. The SMILES string of the molecule is CC1(C#N)CC2(CC2)C1. The average Bonchev–Trinajstić information content (AvgIpc) is 2.46. The van der Waals surface area contributed by atoms with Gasteiger partial charge in [0.25, 0.3) is 0 Å². The van der Waals surface area contributed by atoms with Gasteiger partial charge >= 0.3 is 0 Å². The van der Waals surface area contributed by atoms with E-state index in [1.807, 2.05) is 0 Å². The molecule has 2 rings (SSSR count). The summed E-state index contributed by atoms with van der Waals surface area (Å²) in [5.74, 6) is 0. The molecule has 0 amide bonds. The van der Waals surface area contributed by atoms with Crippen LogP contribution in [0.5, 0.6) is 0 Å². The van der Waals surface area contributed by atoms with E-state index in [4.69, 9.17) is 5.26 Å². The normalized spacial score (nSPS) is 32.9. The molecule has 0 unspecified atom stereocenters. The van der Waals surface area contributed by atoms with Crippen molar-refractivity contribution < 1.29 is 0 Å². The van der Waals surface area contributed by atoms with E-state index >= 15 is 0 Å². The molecule has 0 bridgehead atoms. The summed E-state index contributed by atoms with van der Waals surface area (Å²) in [6.07, 6.45) is 5.14. The van der Waals surface area contributed by atoms with E-state index in [2.05, 4.69) is 13.0 Å². The van der Waals surface area contributed by atoms with E-state index in [1.165, 1.54) is 25.7 Å². The lowest BCUT2D eigenvalue weighted by Gasteiger charge is -2.40. The van der Waals surface area contributed by atoms with Crippen LogP contribution in [0.25, 0.3) is 0 Å². The lowest BCUT2D eigenvalue weighted by atomic mass is 9.62. The first-order valence-electron chi connectivity index (χ1n) is 3.59. The Morgan fingerprint density at radius 1 is 1.33 bits per heavy atom. The van der Waals surface area contributed by atoms with Crippen LogP contribution in [0.2, 0.25) is 0 Å². The van der Waals surface area contributed by atoms with Crippen LogP contribution >= 0.6 is 0 Å². The molecule has 0 radical (unpaired) electrons. The fourth-order valence-corrected chi connectivity index (χ4v) is 2.21. The zero-order valence-electron chi connectivity index (χ0n) is 5.78. The smallest absolute Gasteiger partial charge is 0.0687 e. The fourth-order valence-electron chi connectivity index (χ4n) is 2.21. The molecule has 0 N–H and O–H groups in total. The van der Waals surface area contributed by atoms with Gasteiger partial charge in [-0.2, -0.15) is 5.26 Å². The van der Waals surface area contributed by atoms with Crippen molar-refractivity contribution >= 4 is 0 Å². The summed E-state index contributed by atoms with van der Waals surface area (Å²) in [5, 5.41) is 8.66. The molecule has 0 aromatic carbocycles. The maximum Gasteiger partial charge on any atom is 0.0687 e. The van der Waals surface area contributed by atoms with Crippen molar-refractivity contribution in [3.8, 4) is 6.07 Å². The molecule has 2 aliphatic rings. The minimum Gasteiger partial charge on any atom is -0.198 e. The standard InChI is InChI=1S/C8H11N/c1-7(6-9)4-8(5-7)2-3-8/h2-5H2,1H3. The van der Waals surface area contributed by atoms with Crippen molar-refractivity contribution in [2.24, 2.45) is 10.8 Å². The van der Waals surface area contributed by atoms with Crippen LogP contribution in [-0.4, -0.2) is 0 Å². The summed E-state index contributed by atoms with van der Waals surface area (Å²) < 4.78 is 0. The monoisotopic (exact) mass is 121 g/mol. The Labute approximate surface area is 55.7 Å². The van der Waals surface area contributed by atoms with E-state index in [1.54, 1.807) is 0 Å². The number of nitriles is 1. The van der Waals surface area contributed by atoms with Crippen LogP contribution in [0.3, 0.4) is 0 Å². The Morgan fingerprint density at radius 2 is 1.89 bits per heavy atom. The highest BCUT2D eigenvalue weighted by molar-refractivity contribution is 5.16. The molecule has 0 atom stereocenters. The first-order valence-corrected chi connectivity index (χ1v) is 3.59. The van der Waals surface area contributed by atoms with Gasteiger partial charge in [0.15, 0.2) is 0 Å². The van der Waals surface area contributed by atoms with Crippen LogP contribution < -0.4 is 0 Å². The number of rotatable bonds is 0. The fraction of sp³-hybridized carbons (Fsp3) is 0.875. The van der Waals surface area contributed by atoms with Crippen LogP contribution in [0.15, 0.2) is 0 Å². The second-order valence-electron chi connectivity index (χ2n) is 4.03. The highest BCUT2D eigenvalue weighted by Gasteiger charge is 2.58. The van der Waals surface area contributed by atoms with E-state index in [0.717, 1.165) is 0 Å². The van der Waals surface area contributed by atoms with Gasteiger partial charge in [0.2, 0.25) is 0 Å². The van der Waals surface area contributed by atoms with Gasteiger partial charge in [0.1, 0.15) is 0 Å². The van der Waals surface area contributed by atoms with E-state index in [9.17, 15) is 0 Å². The topological polar surface area (TPSA) is 23.8 Å². The predicted molar refractivity (Wildman–Crippen MR) is 34.6 cm³/mol. The van der Waals surface area contributed by atoms with Gasteiger partial charge < -0.3 is 0 Å². The molecular formula is C8H11N. The Bertz CT molecular complexity index is 175. The summed E-state index contributed by atoms with van der Waals surface area (Å²) in [6.45, 7) is 2.08. The number of hydrogen-bond donors (Lipinski definition) is 0. The Morgan fingerprint density at radius 3 is 2.22 bits per heavy atom. The van der Waals surface area contributed by atoms with Crippen LogP contribution in [0.4, 0.5) is 0 Å². The van der Waals surface area contributed by atoms with Gasteiger partial charge in [-0.15, -0.1) is 0 Å². The average molecular weight is 121 g/mol. The molecule has 0 saturated heterocycles. The number of hydrogen-bond acceptors (Lipinski definition) is 1. The molecule has 1 spiro atoms. The summed E-state index contributed by atoms with van der Waals surface area (Å²) in [6, 6.07) is 2.37. The van der Waals surface area contributed by atoms with E-state index < -0.39 is 0 Å². The number of nitrogens with zero attached hydrogens (tertiary/aromatic N) is 1. The minimum atomic E-state index is 0.0660. The summed E-state index contributed by atoms with van der Waals surface area (Å²) >= 11 is 0. The molecule has 0 heterocycles. The van der Waals surface area contributed by atoms with Gasteiger partial charge in [0.05, 0.1) is 11.5 Å². The third-order valence-corrected chi connectivity index (χ3v) is 2.76. The highest BCUT2D eigenvalue weighted by Crippen LogP contribution is 2.68. The van der Waals surface area contributed by atoms with Gasteiger partial charge in [0, 0.05) is 0 Å². The highest BCUT2D eigenvalue weighted by atomic mass is 14.6. The van der Waals surface area contributed by atoms with Gasteiger partial charge in [-0.05, 0) is 38.0 Å². The first kappa shape index (κ1) is 5.29. The molecule has 2 fully saturated rings. The Hall–Kier alpha value is -0.510. The van der Waals surface area contributed by atoms with Crippen molar-refractivity contribution in [3.05, 3.63) is 0 Å². The maximum absolute atomic E-state index is 8.66. The molecular weight excluding hydrogens is 110 g/mol. The summed E-state index contributed by atoms with van der Waals surface area (Å²) in [7, 11) is 0. The molecule has 0 aliphatic heterocycles. The van der Waals surface area contributed by atoms with Crippen LogP contribution in [0, 0.1) is 22.2 Å². The van der Waals surface area contributed by atoms with Gasteiger partial charge in [-0.25, -0.2) is 0 Å². The third kappa shape index (κ3) is 0.594. The lowest BCUT2D eigenvalue weighted by Crippen LogP contribution is -2.34. The van der Waals surface area contributed by atoms with E-state index in [0.29, 0.717) is 5.41 Å². The molecule has 1 nitrogen and oxygen atoms in total. The van der Waals surface area contributed by atoms with Crippen molar-refractivity contribution in [2.45, 2.75) is 32.6 Å². The zero-order chi connectivity index (χ0) is 6.54. The Balaban J connectivity index is 2.04. The molecule has 0 aromatic heterocycles. The molecule has 2 aliphatic carbocycles. The second kappa shape index (κ2) is 1.16. The molecule has 1 heteroatoms. The molecule has 0 aromatic rings. The largest absolute Gasteiger partial charge is 0.198 e. The van der Waals surface area contributed by atoms with Gasteiger partial charge in [-0.1, -0.05) is 0 Å². The van der Waals surface area contributed by atoms with Crippen molar-refractivity contribution in [3.63, 3.8) is 0 Å². The van der Waals surface area contributed by atoms with Crippen LogP contribution in [0.1, 0.15) is 32.6 Å². The third-order valence-electron chi connectivity index (χ3n) is 2.76. The van der Waals surface area contributed by atoms with Crippen LogP contribution in [-0.2, 0) is 0 Å². The predicted octanol–water partition coefficient (Wildman–Crippen LogP) is 2.09. The lowest BCUT2D eigenvalue weighted by molar-refractivity contribution is 0.115. The Kier molecular flexibility index (Phi) is 0.682. The minimum absolute atomic E-state index is 0.0660. The zero-order valence-corrected chi connectivity index (χ0v) is 5.78. The summed E-state index contributed by atoms with van der Waals surface area (Å²) in [4.78, 5) is 0. The van der Waals surface area contributed by atoms with Crippen molar-refractivity contribution in [2.75, 3.05) is 0 Å². The van der Waals surface area contributed by atoms with E-state index in [-0.39, 0.29) is 5.41 Å².